The smallest absolute Gasteiger partial charge is 0.387 e. The third-order valence-corrected chi connectivity index (χ3v) is 4.84. The van der Waals surface area contributed by atoms with E-state index < -0.39 is 6.61 Å². The highest BCUT2D eigenvalue weighted by molar-refractivity contribution is 5.85. The Kier molecular flexibility index (Phi) is 8.36. The van der Waals surface area contributed by atoms with Crippen molar-refractivity contribution in [3.63, 3.8) is 0 Å². The third kappa shape index (κ3) is 6.12. The summed E-state index contributed by atoms with van der Waals surface area (Å²) < 4.78 is 30.8. The van der Waals surface area contributed by atoms with Crippen LogP contribution < -0.4 is 10.1 Å². The topological polar surface area (TPSA) is 62.6 Å². The predicted molar refractivity (Wildman–Crippen MR) is 107 cm³/mol. The molecule has 1 N–H and O–H groups in total. The summed E-state index contributed by atoms with van der Waals surface area (Å²) in [5, 5.41) is 3.36. The van der Waals surface area contributed by atoms with Gasteiger partial charge in [0.2, 0.25) is 5.91 Å². The number of piperazine rings is 1. The number of hydrogen-bond donors (Lipinski definition) is 1. The number of alkyl halides is 2. The van der Waals surface area contributed by atoms with Crippen LogP contribution in [0.3, 0.4) is 0 Å². The third-order valence-electron chi connectivity index (χ3n) is 4.84. The van der Waals surface area contributed by atoms with Gasteiger partial charge in [-0.2, -0.15) is 8.78 Å². The van der Waals surface area contributed by atoms with Crippen molar-refractivity contribution in [2.75, 3.05) is 33.2 Å². The van der Waals surface area contributed by atoms with E-state index in [1.54, 1.807) is 30.3 Å². The Bertz CT molecular complexity index is 787. The molecule has 1 aromatic heterocycles. The number of imidazole rings is 1. The minimum Gasteiger partial charge on any atom is -0.435 e. The van der Waals surface area contributed by atoms with E-state index in [4.69, 9.17) is 0 Å². The van der Waals surface area contributed by atoms with E-state index >= 15 is 0 Å². The fourth-order valence-corrected chi connectivity index (χ4v) is 3.32. The Morgan fingerprint density at radius 2 is 2.10 bits per heavy atom. The average Bonchev–Trinajstić information content (AvgIpc) is 3.09. The fourth-order valence-electron chi connectivity index (χ4n) is 3.32. The quantitative estimate of drug-likeness (QED) is 0.730. The molecule has 3 rings (SSSR count). The van der Waals surface area contributed by atoms with E-state index in [1.165, 1.54) is 12.1 Å². The maximum absolute atomic E-state index is 12.7. The number of carbonyl (C=O) groups excluding carboxylic acids is 1. The molecule has 1 aromatic carbocycles. The first kappa shape index (κ1) is 23.1. The van der Waals surface area contributed by atoms with Gasteiger partial charge in [0.1, 0.15) is 11.6 Å². The minimum atomic E-state index is -2.85. The molecule has 0 saturated carbocycles. The average molecular weight is 430 g/mol. The van der Waals surface area contributed by atoms with Gasteiger partial charge in [-0.3, -0.25) is 9.69 Å². The van der Waals surface area contributed by atoms with Crippen LogP contribution >= 0.6 is 12.4 Å². The standard InChI is InChI=1S/C19H25F2N5O2.ClH/c1-24-9-8-23-18(24)16-11-22-7-10-26(16)13-17(27)25(2)12-14-3-5-15(6-4-14)28-19(20)21;/h3-6,8-9,16,19,22H,7,10-13H2,1-2H3;1H. The van der Waals surface area contributed by atoms with Crippen LogP contribution in [0, 0.1) is 0 Å². The number of benzene rings is 1. The summed E-state index contributed by atoms with van der Waals surface area (Å²) in [5.41, 5.74) is 0.846. The van der Waals surface area contributed by atoms with Crippen molar-refractivity contribution in [3.05, 3.63) is 48.0 Å². The van der Waals surface area contributed by atoms with Crippen molar-refractivity contribution in [3.8, 4) is 5.75 Å². The Hall–Kier alpha value is -2.23. The van der Waals surface area contributed by atoms with Crippen LogP contribution in [-0.4, -0.2) is 65.1 Å². The van der Waals surface area contributed by atoms with E-state index in [2.05, 4.69) is 19.9 Å². The van der Waals surface area contributed by atoms with Crippen LogP contribution in [-0.2, 0) is 18.4 Å². The van der Waals surface area contributed by atoms with Crippen molar-refractivity contribution in [2.45, 2.75) is 19.2 Å². The molecule has 29 heavy (non-hydrogen) atoms. The van der Waals surface area contributed by atoms with Gasteiger partial charge in [0.05, 0.1) is 12.6 Å². The monoisotopic (exact) mass is 429 g/mol. The second-order valence-corrected chi connectivity index (χ2v) is 6.86. The Labute approximate surface area is 175 Å². The van der Waals surface area contributed by atoms with Crippen LogP contribution in [0.15, 0.2) is 36.7 Å². The van der Waals surface area contributed by atoms with Gasteiger partial charge < -0.3 is 19.5 Å². The Morgan fingerprint density at radius 1 is 1.38 bits per heavy atom. The highest BCUT2D eigenvalue weighted by Crippen LogP contribution is 2.21. The van der Waals surface area contributed by atoms with Gasteiger partial charge in [-0.1, -0.05) is 12.1 Å². The number of aromatic nitrogens is 2. The molecular weight excluding hydrogens is 404 g/mol. The molecule has 1 aliphatic rings. The van der Waals surface area contributed by atoms with Gasteiger partial charge in [-0.15, -0.1) is 12.4 Å². The van der Waals surface area contributed by atoms with Crippen LogP contribution in [0.4, 0.5) is 8.78 Å². The SMILES string of the molecule is CN(Cc1ccc(OC(F)F)cc1)C(=O)CN1CCNCC1c1nccn1C.Cl. The fraction of sp³-hybridized carbons (Fsp3) is 0.474. The number of aryl methyl sites for hydroxylation is 1. The van der Waals surface area contributed by atoms with Gasteiger partial charge >= 0.3 is 6.61 Å². The summed E-state index contributed by atoms with van der Waals surface area (Å²) in [5.74, 6) is 1.03. The number of halogens is 3. The van der Waals surface area contributed by atoms with Gasteiger partial charge in [0, 0.05) is 52.7 Å². The number of rotatable bonds is 7. The first-order chi connectivity index (χ1) is 13.4. The van der Waals surface area contributed by atoms with E-state index in [9.17, 15) is 13.6 Å². The molecule has 1 amide bonds. The van der Waals surface area contributed by atoms with E-state index in [0.717, 1.165) is 31.0 Å². The summed E-state index contributed by atoms with van der Waals surface area (Å²) in [4.78, 5) is 20.9. The summed E-state index contributed by atoms with van der Waals surface area (Å²) in [6.45, 7) is 0.170. The maximum atomic E-state index is 12.7. The number of likely N-dealkylation sites (N-methyl/N-ethyl adjacent to an activating group) is 1. The molecule has 10 heteroatoms. The summed E-state index contributed by atoms with van der Waals surface area (Å²) in [7, 11) is 3.69. The molecule has 0 aliphatic carbocycles. The lowest BCUT2D eigenvalue weighted by molar-refractivity contribution is -0.132. The molecule has 160 valence electrons. The number of nitrogens with one attached hydrogen (secondary N) is 1. The molecule has 7 nitrogen and oxygen atoms in total. The lowest BCUT2D eigenvalue weighted by atomic mass is 10.1. The van der Waals surface area contributed by atoms with Crippen molar-refractivity contribution in [1.82, 2.24) is 24.7 Å². The zero-order valence-electron chi connectivity index (χ0n) is 16.4. The Morgan fingerprint density at radius 3 is 2.72 bits per heavy atom. The number of carbonyl (C=O) groups is 1. The largest absolute Gasteiger partial charge is 0.435 e. The predicted octanol–water partition coefficient (Wildman–Crippen LogP) is 2.05. The maximum Gasteiger partial charge on any atom is 0.387 e. The Balaban J connectivity index is 0.00000300. The number of hydrogen-bond acceptors (Lipinski definition) is 5. The van der Waals surface area contributed by atoms with Crippen molar-refractivity contribution in [2.24, 2.45) is 7.05 Å². The van der Waals surface area contributed by atoms with Crippen LogP contribution in [0.25, 0.3) is 0 Å². The molecule has 1 unspecified atom stereocenters. The van der Waals surface area contributed by atoms with Gasteiger partial charge in [0.15, 0.2) is 0 Å². The summed E-state index contributed by atoms with van der Waals surface area (Å²) in [6.07, 6.45) is 3.66. The van der Waals surface area contributed by atoms with Crippen LogP contribution in [0.1, 0.15) is 17.4 Å². The van der Waals surface area contributed by atoms with Crippen molar-refractivity contribution < 1.29 is 18.3 Å². The molecule has 2 aromatic rings. The van der Waals surface area contributed by atoms with Crippen molar-refractivity contribution in [1.29, 1.82) is 0 Å². The lowest BCUT2D eigenvalue weighted by Gasteiger charge is -2.36. The number of amides is 1. The van der Waals surface area contributed by atoms with Crippen LogP contribution in [0.2, 0.25) is 0 Å². The zero-order valence-corrected chi connectivity index (χ0v) is 17.2. The van der Waals surface area contributed by atoms with Gasteiger partial charge in [-0.05, 0) is 17.7 Å². The second-order valence-electron chi connectivity index (χ2n) is 6.86. The van der Waals surface area contributed by atoms with Crippen molar-refractivity contribution >= 4 is 18.3 Å². The second kappa shape index (κ2) is 10.5. The lowest BCUT2D eigenvalue weighted by Crippen LogP contribution is -2.50. The molecule has 0 spiro atoms. The molecule has 1 fully saturated rings. The number of ether oxygens (including phenoxy) is 1. The first-order valence-corrected chi connectivity index (χ1v) is 9.13. The molecule has 0 radical (unpaired) electrons. The molecule has 1 saturated heterocycles. The normalized spacial score (nSPS) is 17.1. The molecule has 1 atom stereocenters. The van der Waals surface area contributed by atoms with E-state index in [0.29, 0.717) is 13.1 Å². The molecule has 1 aliphatic heterocycles. The molecule has 2 heterocycles. The summed E-state index contributed by atoms with van der Waals surface area (Å²) >= 11 is 0. The highest BCUT2D eigenvalue weighted by atomic mass is 35.5. The van der Waals surface area contributed by atoms with Crippen LogP contribution in [0.5, 0.6) is 5.75 Å². The van der Waals surface area contributed by atoms with E-state index in [-0.39, 0.29) is 30.1 Å². The highest BCUT2D eigenvalue weighted by Gasteiger charge is 2.29. The summed E-state index contributed by atoms with van der Waals surface area (Å²) in [6, 6.07) is 6.36. The molecular formula is C19H26ClF2N5O2. The number of nitrogens with zero attached hydrogens (tertiary/aromatic N) is 4. The molecule has 0 bridgehead atoms. The van der Waals surface area contributed by atoms with Gasteiger partial charge in [-0.25, -0.2) is 4.98 Å². The first-order valence-electron chi connectivity index (χ1n) is 9.13. The minimum absolute atomic E-state index is 0. The van der Waals surface area contributed by atoms with Gasteiger partial charge in [0.25, 0.3) is 0 Å². The van der Waals surface area contributed by atoms with E-state index in [1.807, 2.05) is 17.8 Å². The zero-order chi connectivity index (χ0) is 20.1.